The first-order valence-electron chi connectivity index (χ1n) is 11.5. The number of aliphatic carboxylic acids is 1. The van der Waals surface area contributed by atoms with Gasteiger partial charge in [-0.25, -0.2) is 14.4 Å². The monoisotopic (exact) mass is 509 g/mol. The smallest absolute Gasteiger partial charge is 0.309 e. The quantitative estimate of drug-likeness (QED) is 0.341. The molecule has 1 unspecified atom stereocenters. The van der Waals surface area contributed by atoms with E-state index in [0.29, 0.717) is 23.7 Å². The Hall–Kier alpha value is -2.87. The SMILES string of the molecule is CC(c1ccc(-c2nc3ccc(C4(c5ccccc5)CC4)nc3s2)c(F)c1)N1CC(C(=O)O)C1.Cl. The molecule has 1 aliphatic heterocycles. The summed E-state index contributed by atoms with van der Waals surface area (Å²) in [5.74, 6) is -1.42. The van der Waals surface area contributed by atoms with Gasteiger partial charge in [-0.2, -0.15) is 0 Å². The largest absolute Gasteiger partial charge is 0.481 e. The topological polar surface area (TPSA) is 66.3 Å². The molecular formula is C27H25ClFN3O2S. The van der Waals surface area contributed by atoms with Crippen molar-refractivity contribution >= 4 is 40.1 Å². The molecule has 0 spiro atoms. The second kappa shape index (κ2) is 8.97. The molecule has 35 heavy (non-hydrogen) atoms. The van der Waals surface area contributed by atoms with E-state index in [2.05, 4.69) is 40.2 Å². The Morgan fingerprint density at radius 2 is 1.86 bits per heavy atom. The molecule has 0 bridgehead atoms. The molecule has 6 rings (SSSR count). The van der Waals surface area contributed by atoms with E-state index in [1.54, 1.807) is 12.1 Å². The van der Waals surface area contributed by atoms with E-state index in [4.69, 9.17) is 10.1 Å². The molecule has 1 saturated heterocycles. The number of nitrogens with zero attached hydrogens (tertiary/aromatic N) is 3. The first kappa shape index (κ1) is 23.9. The summed E-state index contributed by atoms with van der Waals surface area (Å²) in [4.78, 5) is 23.6. The summed E-state index contributed by atoms with van der Waals surface area (Å²) in [6.45, 7) is 2.97. The summed E-state index contributed by atoms with van der Waals surface area (Å²) in [5.41, 5.74) is 4.42. The Morgan fingerprint density at radius 3 is 2.51 bits per heavy atom. The Morgan fingerprint density at radius 1 is 1.11 bits per heavy atom. The van der Waals surface area contributed by atoms with Crippen LogP contribution in [0.2, 0.25) is 0 Å². The van der Waals surface area contributed by atoms with Gasteiger partial charge in [0, 0.05) is 30.1 Å². The van der Waals surface area contributed by atoms with Gasteiger partial charge in [-0.05, 0) is 55.2 Å². The van der Waals surface area contributed by atoms with Crippen LogP contribution in [0.5, 0.6) is 0 Å². The van der Waals surface area contributed by atoms with Gasteiger partial charge in [-0.15, -0.1) is 12.4 Å². The Balaban J connectivity index is 0.00000253. The summed E-state index contributed by atoms with van der Waals surface area (Å²) in [6, 6.07) is 19.8. The van der Waals surface area contributed by atoms with E-state index in [-0.39, 0.29) is 35.6 Å². The highest BCUT2D eigenvalue weighted by molar-refractivity contribution is 7.21. The molecule has 8 heteroatoms. The van der Waals surface area contributed by atoms with Crippen LogP contribution >= 0.6 is 23.7 Å². The predicted molar refractivity (Wildman–Crippen MR) is 138 cm³/mol. The van der Waals surface area contributed by atoms with Crippen molar-refractivity contribution in [2.75, 3.05) is 13.1 Å². The molecule has 2 aromatic heterocycles. The van der Waals surface area contributed by atoms with Gasteiger partial charge in [0.15, 0.2) is 0 Å². The molecule has 2 fully saturated rings. The normalized spacial score (nSPS) is 18.0. The van der Waals surface area contributed by atoms with Crippen LogP contribution in [-0.4, -0.2) is 39.0 Å². The van der Waals surface area contributed by atoms with Crippen LogP contribution in [0.15, 0.2) is 60.7 Å². The highest BCUT2D eigenvalue weighted by Crippen LogP contribution is 2.53. The maximum atomic E-state index is 15.1. The van der Waals surface area contributed by atoms with Gasteiger partial charge in [0.2, 0.25) is 0 Å². The summed E-state index contributed by atoms with van der Waals surface area (Å²) in [5, 5.41) is 9.72. The van der Waals surface area contributed by atoms with Crippen LogP contribution in [0.4, 0.5) is 4.39 Å². The highest BCUT2D eigenvalue weighted by atomic mass is 35.5. The van der Waals surface area contributed by atoms with E-state index >= 15 is 4.39 Å². The van der Waals surface area contributed by atoms with Crippen LogP contribution < -0.4 is 0 Å². The molecule has 1 aliphatic carbocycles. The van der Waals surface area contributed by atoms with Crippen LogP contribution in [-0.2, 0) is 10.2 Å². The lowest BCUT2D eigenvalue weighted by molar-refractivity contribution is -0.148. The lowest BCUT2D eigenvalue weighted by atomic mass is 9.92. The van der Waals surface area contributed by atoms with E-state index in [1.807, 2.05) is 25.1 Å². The summed E-state index contributed by atoms with van der Waals surface area (Å²) < 4.78 is 15.1. The van der Waals surface area contributed by atoms with Gasteiger partial charge in [-0.1, -0.05) is 47.7 Å². The molecular weight excluding hydrogens is 485 g/mol. The maximum Gasteiger partial charge on any atom is 0.309 e. The third-order valence-corrected chi connectivity index (χ3v) is 8.33. The van der Waals surface area contributed by atoms with Crippen LogP contribution in [0.1, 0.15) is 42.6 Å². The van der Waals surface area contributed by atoms with E-state index < -0.39 is 5.97 Å². The fourth-order valence-electron chi connectivity index (χ4n) is 4.93. The van der Waals surface area contributed by atoms with Crippen molar-refractivity contribution in [2.24, 2.45) is 5.92 Å². The van der Waals surface area contributed by atoms with Gasteiger partial charge in [0.25, 0.3) is 0 Å². The zero-order valence-electron chi connectivity index (χ0n) is 19.1. The van der Waals surface area contributed by atoms with E-state index in [0.717, 1.165) is 34.4 Å². The van der Waals surface area contributed by atoms with Gasteiger partial charge in [0.05, 0.1) is 11.6 Å². The fraction of sp³-hybridized carbons (Fsp3) is 0.296. The fourth-order valence-corrected chi connectivity index (χ4v) is 5.90. The van der Waals surface area contributed by atoms with Gasteiger partial charge in [-0.3, -0.25) is 9.69 Å². The lowest BCUT2D eigenvalue weighted by Gasteiger charge is -2.41. The molecule has 2 aromatic carbocycles. The minimum atomic E-state index is -0.769. The minimum absolute atomic E-state index is 0. The first-order valence-corrected chi connectivity index (χ1v) is 12.4. The van der Waals surface area contributed by atoms with Crippen LogP contribution in [0, 0.1) is 11.7 Å². The summed E-state index contributed by atoms with van der Waals surface area (Å²) >= 11 is 1.42. The van der Waals surface area contributed by atoms with Gasteiger partial charge < -0.3 is 5.11 Å². The third kappa shape index (κ3) is 4.11. The molecule has 1 N–H and O–H groups in total. The summed E-state index contributed by atoms with van der Waals surface area (Å²) in [7, 11) is 0. The number of rotatable bonds is 6. The van der Waals surface area contributed by atoms with E-state index in [1.165, 1.54) is 16.9 Å². The van der Waals surface area contributed by atoms with Crippen molar-refractivity contribution in [2.45, 2.75) is 31.2 Å². The van der Waals surface area contributed by atoms with Crippen molar-refractivity contribution in [1.82, 2.24) is 14.9 Å². The number of carbonyl (C=O) groups is 1. The van der Waals surface area contributed by atoms with Gasteiger partial charge in [0.1, 0.15) is 21.2 Å². The number of thiazole rings is 1. The highest BCUT2D eigenvalue weighted by Gasteiger charge is 2.47. The summed E-state index contributed by atoms with van der Waals surface area (Å²) in [6.07, 6.45) is 2.17. The number of halogens is 2. The molecule has 0 radical (unpaired) electrons. The standard InChI is InChI=1S/C27H24FN3O2S.ClH/c1-16(31-14-18(15-31)26(32)33)17-7-8-20(21(28)13-17)24-29-22-9-10-23(30-25(22)34-24)27(11-12-27)19-5-3-2-4-6-19;/h2-10,13,16,18H,11-12,14-15H2,1H3,(H,32,33);1H. The van der Waals surface area contributed by atoms with Crippen LogP contribution in [0.25, 0.3) is 20.9 Å². The second-order valence-electron chi connectivity index (χ2n) is 9.39. The van der Waals surface area contributed by atoms with Gasteiger partial charge >= 0.3 is 5.97 Å². The second-order valence-corrected chi connectivity index (χ2v) is 10.4. The first-order chi connectivity index (χ1) is 16.4. The number of aromatic nitrogens is 2. The molecule has 0 amide bonds. The van der Waals surface area contributed by atoms with Crippen LogP contribution in [0.3, 0.4) is 0 Å². The number of likely N-dealkylation sites (tertiary alicyclic amines) is 1. The lowest BCUT2D eigenvalue weighted by Crippen LogP contribution is -2.51. The van der Waals surface area contributed by atoms with Crippen molar-refractivity contribution in [3.63, 3.8) is 0 Å². The third-order valence-electron chi connectivity index (χ3n) is 7.33. The Kier molecular flexibility index (Phi) is 6.11. The van der Waals surface area contributed by atoms with Crippen molar-refractivity contribution in [3.05, 3.63) is 83.3 Å². The molecule has 1 saturated carbocycles. The molecule has 180 valence electrons. The molecule has 5 nitrogen and oxygen atoms in total. The number of carboxylic acid groups (broad SMARTS) is 1. The molecule has 2 aliphatic rings. The Labute approximate surface area is 213 Å². The molecule has 1 atom stereocenters. The predicted octanol–water partition coefficient (Wildman–Crippen LogP) is 6.08. The zero-order valence-corrected chi connectivity index (χ0v) is 20.8. The van der Waals surface area contributed by atoms with E-state index in [9.17, 15) is 4.79 Å². The minimum Gasteiger partial charge on any atom is -0.481 e. The van der Waals surface area contributed by atoms with Crippen molar-refractivity contribution in [1.29, 1.82) is 0 Å². The van der Waals surface area contributed by atoms with Crippen molar-refractivity contribution < 1.29 is 14.3 Å². The average Bonchev–Trinajstić information content (AvgIpc) is 3.51. The number of hydrogen-bond donors (Lipinski definition) is 1. The maximum absolute atomic E-state index is 15.1. The number of benzene rings is 2. The number of fused-ring (bicyclic) bond motifs is 1. The number of hydrogen-bond acceptors (Lipinski definition) is 5. The zero-order chi connectivity index (χ0) is 23.4. The van der Waals surface area contributed by atoms with Crippen molar-refractivity contribution in [3.8, 4) is 10.6 Å². The molecule has 3 heterocycles. The number of pyridine rings is 1. The molecule has 4 aromatic rings. The Bertz CT molecular complexity index is 1400. The average molecular weight is 510 g/mol. The number of carboxylic acids is 1.